The summed E-state index contributed by atoms with van der Waals surface area (Å²) in [6.45, 7) is 1.33. The zero-order valence-corrected chi connectivity index (χ0v) is 18.0. The molecule has 3 aromatic rings. The van der Waals surface area contributed by atoms with E-state index in [0.29, 0.717) is 11.4 Å². The molecule has 4 N–H and O–H groups in total. The van der Waals surface area contributed by atoms with E-state index in [0.717, 1.165) is 16.7 Å². The molecule has 1 amide bonds. The van der Waals surface area contributed by atoms with E-state index >= 15 is 0 Å². The Balaban J connectivity index is 1.75. The summed E-state index contributed by atoms with van der Waals surface area (Å²) in [5, 5.41) is 28.5. The Morgan fingerprint density at radius 2 is 1.81 bits per heavy atom. The van der Waals surface area contributed by atoms with Gasteiger partial charge in [0.15, 0.2) is 11.9 Å². The van der Waals surface area contributed by atoms with Crippen molar-refractivity contribution in [2.45, 2.75) is 31.9 Å². The van der Waals surface area contributed by atoms with Crippen LogP contribution in [-0.4, -0.2) is 50.2 Å². The molecule has 2 aromatic carbocycles. The van der Waals surface area contributed by atoms with Gasteiger partial charge in [-0.15, -0.1) is 0 Å². The zero-order chi connectivity index (χ0) is 23.3. The number of hydrogen-bond donors (Lipinski definition) is 4. The molecule has 32 heavy (non-hydrogen) atoms. The van der Waals surface area contributed by atoms with Gasteiger partial charge >= 0.3 is 5.97 Å². The average Bonchev–Trinajstić information content (AvgIpc) is 3.25. The van der Waals surface area contributed by atoms with Crippen molar-refractivity contribution in [3.8, 4) is 11.1 Å². The van der Waals surface area contributed by atoms with Crippen molar-refractivity contribution in [2.75, 3.05) is 0 Å². The Morgan fingerprint density at radius 3 is 2.41 bits per heavy atom. The fourth-order valence-corrected chi connectivity index (χ4v) is 3.42. The highest BCUT2D eigenvalue weighted by atomic mass is 35.5. The minimum atomic E-state index is -1.64. The molecule has 166 valence electrons. The molecule has 0 aliphatic carbocycles. The minimum absolute atomic E-state index is 0.0707. The van der Waals surface area contributed by atoms with Gasteiger partial charge in [-0.25, -0.2) is 4.79 Å². The summed E-state index contributed by atoms with van der Waals surface area (Å²) in [5.41, 5.74) is 2.94. The SMILES string of the molecule is CC(=O)c1cc(C(=O)N[C@H](Cc2ccc(-c3cccc(Cl)c3)cc2)C[C@@H](O)C(=O)O)[nH]n1. The summed E-state index contributed by atoms with van der Waals surface area (Å²) < 4.78 is 0. The van der Waals surface area contributed by atoms with Crippen molar-refractivity contribution in [2.24, 2.45) is 0 Å². The number of carbonyl (C=O) groups is 3. The molecule has 0 saturated heterocycles. The van der Waals surface area contributed by atoms with Crippen LogP contribution >= 0.6 is 11.6 Å². The van der Waals surface area contributed by atoms with E-state index in [-0.39, 0.29) is 23.6 Å². The number of benzene rings is 2. The summed E-state index contributed by atoms with van der Waals surface area (Å²) in [4.78, 5) is 35.1. The topological polar surface area (TPSA) is 132 Å². The monoisotopic (exact) mass is 455 g/mol. The predicted octanol–water partition coefficient (Wildman–Crippen LogP) is 3.11. The van der Waals surface area contributed by atoms with Gasteiger partial charge in [0.2, 0.25) is 0 Å². The van der Waals surface area contributed by atoms with Crippen molar-refractivity contribution in [1.82, 2.24) is 15.5 Å². The fourth-order valence-electron chi connectivity index (χ4n) is 3.23. The zero-order valence-electron chi connectivity index (χ0n) is 17.2. The Labute approximate surface area is 189 Å². The number of nitrogens with one attached hydrogen (secondary N) is 2. The quantitative estimate of drug-likeness (QED) is 0.366. The van der Waals surface area contributed by atoms with Gasteiger partial charge in [-0.1, -0.05) is 48.0 Å². The lowest BCUT2D eigenvalue weighted by Gasteiger charge is -2.20. The lowest BCUT2D eigenvalue weighted by molar-refractivity contribution is -0.147. The van der Waals surface area contributed by atoms with Crippen molar-refractivity contribution in [3.05, 3.63) is 76.6 Å². The van der Waals surface area contributed by atoms with E-state index in [9.17, 15) is 19.5 Å². The van der Waals surface area contributed by atoms with Crippen LogP contribution < -0.4 is 5.32 Å². The first kappa shape index (κ1) is 23.2. The predicted molar refractivity (Wildman–Crippen MR) is 119 cm³/mol. The maximum atomic E-state index is 12.6. The van der Waals surface area contributed by atoms with Gasteiger partial charge in [-0.05, 0) is 41.3 Å². The third-order valence-corrected chi connectivity index (χ3v) is 5.14. The van der Waals surface area contributed by atoms with Crippen LogP contribution in [0, 0.1) is 0 Å². The summed E-state index contributed by atoms with van der Waals surface area (Å²) in [6.07, 6.45) is -1.54. The Morgan fingerprint density at radius 1 is 1.09 bits per heavy atom. The number of aromatic amines is 1. The normalized spacial score (nSPS) is 12.7. The summed E-state index contributed by atoms with van der Waals surface area (Å²) in [6, 6.07) is 15.6. The van der Waals surface area contributed by atoms with Crippen molar-refractivity contribution < 1.29 is 24.6 Å². The Hall–Kier alpha value is -3.49. The average molecular weight is 456 g/mol. The van der Waals surface area contributed by atoms with Crippen LogP contribution in [-0.2, 0) is 11.2 Å². The molecule has 0 bridgehead atoms. The Bertz CT molecular complexity index is 1130. The second kappa shape index (κ2) is 10.2. The van der Waals surface area contributed by atoms with E-state index in [1.807, 2.05) is 42.5 Å². The van der Waals surface area contributed by atoms with E-state index in [2.05, 4.69) is 15.5 Å². The van der Waals surface area contributed by atoms with Gasteiger partial charge < -0.3 is 15.5 Å². The number of H-pyrrole nitrogens is 1. The number of nitrogens with zero attached hydrogens (tertiary/aromatic N) is 1. The summed E-state index contributed by atoms with van der Waals surface area (Å²) in [5.74, 6) is -2.22. The number of Topliss-reactive ketones (excluding diaryl/α,β-unsaturated/α-hetero) is 1. The number of halogens is 1. The summed E-state index contributed by atoms with van der Waals surface area (Å²) >= 11 is 6.05. The van der Waals surface area contributed by atoms with E-state index in [1.54, 1.807) is 6.07 Å². The number of hydrogen-bond acceptors (Lipinski definition) is 5. The van der Waals surface area contributed by atoms with Gasteiger partial charge in [0.1, 0.15) is 11.4 Å². The Kier molecular flexibility index (Phi) is 7.40. The number of aliphatic carboxylic acids is 1. The third-order valence-electron chi connectivity index (χ3n) is 4.91. The molecule has 1 aromatic heterocycles. The van der Waals surface area contributed by atoms with Crippen LogP contribution in [0.15, 0.2) is 54.6 Å². The van der Waals surface area contributed by atoms with Crippen LogP contribution in [0.25, 0.3) is 11.1 Å². The van der Waals surface area contributed by atoms with E-state index in [4.69, 9.17) is 16.7 Å². The maximum Gasteiger partial charge on any atom is 0.332 e. The fraction of sp³-hybridized carbons (Fsp3) is 0.217. The highest BCUT2D eigenvalue weighted by molar-refractivity contribution is 6.30. The molecule has 0 saturated carbocycles. The highest BCUT2D eigenvalue weighted by Crippen LogP contribution is 2.23. The summed E-state index contributed by atoms with van der Waals surface area (Å²) in [7, 11) is 0. The van der Waals surface area contributed by atoms with E-state index < -0.39 is 24.0 Å². The molecule has 0 unspecified atom stereocenters. The van der Waals surface area contributed by atoms with Crippen molar-refractivity contribution in [3.63, 3.8) is 0 Å². The number of aromatic nitrogens is 2. The molecule has 3 rings (SSSR count). The number of carbonyl (C=O) groups excluding carboxylic acids is 2. The van der Waals surface area contributed by atoms with Crippen LogP contribution in [0.1, 0.15) is 39.9 Å². The smallest absolute Gasteiger partial charge is 0.332 e. The molecule has 2 atom stereocenters. The molecule has 8 nitrogen and oxygen atoms in total. The van der Waals surface area contributed by atoms with Crippen LogP contribution in [0.2, 0.25) is 5.02 Å². The molecular formula is C23H22ClN3O5. The van der Waals surface area contributed by atoms with Crippen molar-refractivity contribution >= 4 is 29.3 Å². The molecule has 1 heterocycles. The van der Waals surface area contributed by atoms with Crippen LogP contribution in [0.3, 0.4) is 0 Å². The minimum Gasteiger partial charge on any atom is -0.479 e. The van der Waals surface area contributed by atoms with Gasteiger partial charge in [-0.3, -0.25) is 14.7 Å². The maximum absolute atomic E-state index is 12.6. The standard InChI is InChI=1S/C23H22ClN3O5/c1-13(28)19-12-20(27-26-19)22(30)25-18(11-21(29)23(31)32)9-14-5-7-15(8-6-14)16-3-2-4-17(24)10-16/h2-8,10,12,18,21,29H,9,11H2,1H3,(H,25,30)(H,26,27)(H,31,32)/t18-,21-/m1/s1. The largest absolute Gasteiger partial charge is 0.479 e. The first-order chi connectivity index (χ1) is 15.2. The van der Waals surface area contributed by atoms with Crippen LogP contribution in [0.5, 0.6) is 0 Å². The molecule has 0 aliphatic rings. The number of rotatable bonds is 9. The van der Waals surface area contributed by atoms with Crippen LogP contribution in [0.4, 0.5) is 0 Å². The molecule has 0 aliphatic heterocycles. The third kappa shape index (κ3) is 6.03. The molecule has 0 spiro atoms. The second-order valence-corrected chi connectivity index (χ2v) is 7.83. The van der Waals surface area contributed by atoms with Gasteiger partial charge in [-0.2, -0.15) is 5.10 Å². The molecule has 0 radical (unpaired) electrons. The number of ketones is 1. The molecule has 9 heteroatoms. The lowest BCUT2D eigenvalue weighted by atomic mass is 9.97. The van der Waals surface area contributed by atoms with Crippen molar-refractivity contribution in [1.29, 1.82) is 0 Å². The van der Waals surface area contributed by atoms with E-state index in [1.165, 1.54) is 13.0 Å². The number of aliphatic hydroxyl groups is 1. The number of aliphatic hydroxyl groups excluding tert-OH is 1. The first-order valence-corrected chi connectivity index (χ1v) is 10.2. The highest BCUT2D eigenvalue weighted by Gasteiger charge is 2.23. The molecule has 0 fully saturated rings. The van der Waals surface area contributed by atoms with Gasteiger partial charge in [0.05, 0.1) is 0 Å². The number of carboxylic acid groups (broad SMARTS) is 1. The van der Waals surface area contributed by atoms with Gasteiger partial charge in [0, 0.05) is 24.4 Å². The van der Waals surface area contributed by atoms with Gasteiger partial charge in [0.25, 0.3) is 5.91 Å². The lowest BCUT2D eigenvalue weighted by Crippen LogP contribution is -2.40. The first-order valence-electron chi connectivity index (χ1n) is 9.86. The molecular weight excluding hydrogens is 434 g/mol. The number of carboxylic acids is 1. The number of amides is 1. The second-order valence-electron chi connectivity index (χ2n) is 7.39.